The second kappa shape index (κ2) is 2.51. The number of esters is 1. The highest BCUT2D eigenvalue weighted by molar-refractivity contribution is 5.94. The summed E-state index contributed by atoms with van der Waals surface area (Å²) in [4.78, 5) is 10.9. The molecule has 1 heterocycles. The van der Waals surface area contributed by atoms with Gasteiger partial charge in [0, 0.05) is 13.0 Å². The highest BCUT2D eigenvalue weighted by Crippen LogP contribution is 2.21. The van der Waals surface area contributed by atoms with Crippen LogP contribution in [0.1, 0.15) is 13.8 Å². The van der Waals surface area contributed by atoms with Gasteiger partial charge in [0.25, 0.3) is 0 Å². The minimum Gasteiger partial charge on any atom is -0.426 e. The lowest BCUT2D eigenvalue weighted by Crippen LogP contribution is -2.22. The summed E-state index contributed by atoms with van der Waals surface area (Å²) < 4.78 is 4.59. The molecule has 1 aliphatic rings. The van der Waals surface area contributed by atoms with E-state index in [1.165, 1.54) is 13.0 Å². The third-order valence-corrected chi connectivity index (χ3v) is 1.30. The number of hydrogen-bond donors (Lipinski definition) is 1. The Labute approximate surface area is 65.0 Å². The van der Waals surface area contributed by atoms with Crippen molar-refractivity contribution in [2.75, 3.05) is 0 Å². The molecule has 1 N–H and O–H groups in total. The van der Waals surface area contributed by atoms with Crippen LogP contribution in [0.25, 0.3) is 0 Å². The second-order valence-corrected chi connectivity index (χ2v) is 2.54. The molecule has 1 aliphatic heterocycles. The van der Waals surface area contributed by atoms with Gasteiger partial charge in [0.15, 0.2) is 0 Å². The van der Waals surface area contributed by atoms with Crippen molar-refractivity contribution in [3.8, 4) is 0 Å². The number of allylic oxidation sites excluding steroid dienone is 1. The maximum absolute atomic E-state index is 10.9. The average molecular weight is 154 g/mol. The van der Waals surface area contributed by atoms with Gasteiger partial charge in [0.05, 0.1) is 5.57 Å². The molecule has 0 aromatic heterocycles. The molecular formula is C8H10O3. The van der Waals surface area contributed by atoms with Gasteiger partial charge < -0.3 is 9.84 Å². The summed E-state index contributed by atoms with van der Waals surface area (Å²) in [7, 11) is 0. The summed E-state index contributed by atoms with van der Waals surface area (Å²) in [5, 5.41) is 9.21. The molecule has 60 valence electrons. The van der Waals surface area contributed by atoms with Crippen molar-refractivity contribution in [1.29, 1.82) is 0 Å². The van der Waals surface area contributed by atoms with Gasteiger partial charge in [-0.15, -0.1) is 0 Å². The Bertz CT molecular complexity index is 236. The summed E-state index contributed by atoms with van der Waals surface area (Å²) in [5.74, 6) is -1.90. The molecule has 0 aromatic rings. The van der Waals surface area contributed by atoms with Gasteiger partial charge in [-0.1, -0.05) is 12.2 Å². The summed E-state index contributed by atoms with van der Waals surface area (Å²) >= 11 is 0. The molecular weight excluding hydrogens is 144 g/mol. The van der Waals surface area contributed by atoms with E-state index >= 15 is 0 Å². The van der Waals surface area contributed by atoms with Crippen LogP contribution in [-0.2, 0) is 9.53 Å². The van der Waals surface area contributed by atoms with Gasteiger partial charge in [-0.2, -0.15) is 0 Å². The van der Waals surface area contributed by atoms with Crippen molar-refractivity contribution in [3.05, 3.63) is 23.8 Å². The normalized spacial score (nSPS) is 30.8. The molecule has 3 heteroatoms. The maximum atomic E-state index is 10.9. The monoisotopic (exact) mass is 154 g/mol. The zero-order valence-corrected chi connectivity index (χ0v) is 6.50. The lowest BCUT2D eigenvalue weighted by Gasteiger charge is -2.11. The van der Waals surface area contributed by atoms with E-state index in [1.54, 1.807) is 19.1 Å². The average Bonchev–Trinajstić information content (AvgIpc) is 2.07. The molecule has 0 aliphatic carbocycles. The lowest BCUT2D eigenvalue weighted by atomic mass is 10.2. The Balaban J connectivity index is 2.88. The van der Waals surface area contributed by atoms with E-state index < -0.39 is 11.8 Å². The van der Waals surface area contributed by atoms with Crippen molar-refractivity contribution in [2.24, 2.45) is 0 Å². The topological polar surface area (TPSA) is 46.5 Å². The molecule has 1 unspecified atom stereocenters. The van der Waals surface area contributed by atoms with Crippen LogP contribution < -0.4 is 0 Å². The van der Waals surface area contributed by atoms with Crippen molar-refractivity contribution in [3.63, 3.8) is 0 Å². The van der Waals surface area contributed by atoms with E-state index in [2.05, 4.69) is 4.74 Å². The number of carbonyl (C=O) groups is 1. The van der Waals surface area contributed by atoms with Gasteiger partial charge >= 0.3 is 5.97 Å². The first-order chi connectivity index (χ1) is 5.05. The molecule has 1 atom stereocenters. The molecule has 1 rings (SSSR count). The molecule has 3 nitrogen and oxygen atoms in total. The van der Waals surface area contributed by atoms with Crippen LogP contribution in [-0.4, -0.2) is 16.9 Å². The first-order valence-electron chi connectivity index (χ1n) is 3.36. The molecule has 0 saturated carbocycles. The summed E-state index contributed by atoms with van der Waals surface area (Å²) in [6.45, 7) is 3.21. The second-order valence-electron chi connectivity index (χ2n) is 2.54. The third kappa shape index (κ3) is 1.68. The van der Waals surface area contributed by atoms with E-state index in [9.17, 15) is 9.90 Å². The standard InChI is InChI=1S/C8H10O3/c1-3-4-6-5-8(2,10)11-7(6)9/h3-5,10H,1-2H3/b4-3+. The van der Waals surface area contributed by atoms with E-state index in [4.69, 9.17) is 0 Å². The number of cyclic esters (lactones) is 1. The largest absolute Gasteiger partial charge is 0.426 e. The van der Waals surface area contributed by atoms with Crippen molar-refractivity contribution in [2.45, 2.75) is 19.6 Å². The van der Waals surface area contributed by atoms with Crippen LogP contribution in [0.5, 0.6) is 0 Å². The van der Waals surface area contributed by atoms with Crippen LogP contribution in [0.4, 0.5) is 0 Å². The molecule has 11 heavy (non-hydrogen) atoms. The Kier molecular flexibility index (Phi) is 1.83. The van der Waals surface area contributed by atoms with Gasteiger partial charge in [0.2, 0.25) is 5.79 Å². The zero-order chi connectivity index (χ0) is 8.48. The zero-order valence-electron chi connectivity index (χ0n) is 6.50. The van der Waals surface area contributed by atoms with E-state index in [0.29, 0.717) is 5.57 Å². The molecule has 0 radical (unpaired) electrons. The van der Waals surface area contributed by atoms with Crippen LogP contribution in [0.2, 0.25) is 0 Å². The number of ether oxygens (including phenoxy) is 1. The fourth-order valence-corrected chi connectivity index (χ4v) is 0.919. The highest BCUT2D eigenvalue weighted by Gasteiger charge is 2.31. The van der Waals surface area contributed by atoms with Gasteiger partial charge in [0.1, 0.15) is 0 Å². The molecule has 0 saturated heterocycles. The van der Waals surface area contributed by atoms with Gasteiger partial charge in [-0.3, -0.25) is 0 Å². The van der Waals surface area contributed by atoms with Crippen LogP contribution in [0, 0.1) is 0 Å². The Morgan fingerprint density at radius 1 is 1.73 bits per heavy atom. The summed E-state index contributed by atoms with van der Waals surface area (Å²) in [6, 6.07) is 0. The van der Waals surface area contributed by atoms with Crippen molar-refractivity contribution < 1.29 is 14.6 Å². The molecule has 0 bridgehead atoms. The van der Waals surface area contributed by atoms with Crippen molar-refractivity contribution >= 4 is 5.97 Å². The van der Waals surface area contributed by atoms with Gasteiger partial charge in [-0.05, 0) is 6.92 Å². The van der Waals surface area contributed by atoms with Crippen LogP contribution in [0.15, 0.2) is 23.8 Å². The number of rotatable bonds is 1. The van der Waals surface area contributed by atoms with Crippen molar-refractivity contribution in [1.82, 2.24) is 0 Å². The predicted molar refractivity (Wildman–Crippen MR) is 39.6 cm³/mol. The minimum atomic E-state index is -1.42. The SMILES string of the molecule is C/C=C/C1=CC(C)(O)OC1=O. The number of hydrogen-bond acceptors (Lipinski definition) is 3. The summed E-state index contributed by atoms with van der Waals surface area (Å²) in [5.41, 5.74) is 0.400. The quantitative estimate of drug-likeness (QED) is 0.567. The van der Waals surface area contributed by atoms with E-state index in [-0.39, 0.29) is 0 Å². The molecule has 0 amide bonds. The van der Waals surface area contributed by atoms with Crippen LogP contribution >= 0.6 is 0 Å². The van der Waals surface area contributed by atoms with E-state index in [1.807, 2.05) is 0 Å². The Hall–Kier alpha value is -1.09. The smallest absolute Gasteiger partial charge is 0.340 e. The fraction of sp³-hybridized carbons (Fsp3) is 0.375. The number of aliphatic hydroxyl groups is 1. The van der Waals surface area contributed by atoms with Gasteiger partial charge in [-0.25, -0.2) is 4.79 Å². The Morgan fingerprint density at radius 3 is 2.73 bits per heavy atom. The summed E-state index contributed by atoms with van der Waals surface area (Å²) in [6.07, 6.45) is 4.70. The first kappa shape index (κ1) is 8.01. The highest BCUT2D eigenvalue weighted by atomic mass is 16.7. The first-order valence-corrected chi connectivity index (χ1v) is 3.36. The molecule has 0 spiro atoms. The van der Waals surface area contributed by atoms with E-state index in [0.717, 1.165) is 0 Å². The fourth-order valence-electron chi connectivity index (χ4n) is 0.919. The van der Waals surface area contributed by atoms with Crippen LogP contribution in [0.3, 0.4) is 0 Å². The molecule has 0 aromatic carbocycles. The maximum Gasteiger partial charge on any atom is 0.340 e. The third-order valence-electron chi connectivity index (χ3n) is 1.30. The number of carbonyl (C=O) groups excluding carboxylic acids is 1. The minimum absolute atomic E-state index is 0.400. The Morgan fingerprint density at radius 2 is 2.36 bits per heavy atom. The molecule has 0 fully saturated rings. The predicted octanol–water partition coefficient (Wildman–Crippen LogP) is 0.754. The lowest BCUT2D eigenvalue weighted by molar-refractivity contribution is -0.172.